The van der Waals surface area contributed by atoms with Crippen LogP contribution in [0.15, 0.2) is 46.3 Å². The van der Waals surface area contributed by atoms with Crippen LogP contribution in [0.25, 0.3) is 0 Å². The second-order valence-electron chi connectivity index (χ2n) is 4.93. The van der Waals surface area contributed by atoms with Crippen LogP contribution < -0.4 is 15.8 Å². The summed E-state index contributed by atoms with van der Waals surface area (Å²) in [6.07, 6.45) is 0. The predicted octanol–water partition coefficient (Wildman–Crippen LogP) is 2.69. The van der Waals surface area contributed by atoms with E-state index >= 15 is 0 Å². The van der Waals surface area contributed by atoms with E-state index in [0.717, 1.165) is 15.4 Å². The normalized spacial score (nSPS) is 11.8. The van der Waals surface area contributed by atoms with E-state index in [0.29, 0.717) is 4.90 Å². The fourth-order valence-corrected chi connectivity index (χ4v) is 4.59. The number of nitrogens with one attached hydrogen (secondary N) is 2. The number of hydrogen-bond donors (Lipinski definition) is 3. The quantitative estimate of drug-likeness (QED) is 0.256. The number of guanidine groups is 1. The summed E-state index contributed by atoms with van der Waals surface area (Å²) < 4.78 is 26.9. The minimum atomic E-state index is -3.50. The maximum Gasteiger partial charge on any atom is 0.241 e. The predicted molar refractivity (Wildman–Crippen MR) is 111 cm³/mol. The molecule has 1 aromatic carbocycles. The third-order valence-corrected chi connectivity index (χ3v) is 5.70. The molecule has 2 rings (SSSR count). The molecule has 0 spiro atoms. The number of sulfonamides is 1. The van der Waals surface area contributed by atoms with Crippen LogP contribution in [0, 0.1) is 13.8 Å². The molecule has 0 aliphatic rings. The maximum absolute atomic E-state index is 12.2. The Hall–Kier alpha value is -1.17. The van der Waals surface area contributed by atoms with Crippen LogP contribution in [-0.2, 0) is 10.0 Å². The molecule has 0 radical (unpaired) electrons. The first-order valence-corrected chi connectivity index (χ1v) is 9.37. The molecule has 2 aromatic rings. The molecule has 0 saturated heterocycles. The Labute approximate surface area is 163 Å². The first-order valence-electron chi connectivity index (χ1n) is 7.07. The number of aliphatic imine (C=N–C) groups is 1. The van der Waals surface area contributed by atoms with Gasteiger partial charge in [-0.25, -0.2) is 13.1 Å². The van der Waals surface area contributed by atoms with Crippen LogP contribution in [0.1, 0.15) is 9.75 Å². The Kier molecular flexibility index (Phi) is 8.13. The van der Waals surface area contributed by atoms with E-state index in [-0.39, 0.29) is 43.0 Å². The van der Waals surface area contributed by atoms with Gasteiger partial charge >= 0.3 is 0 Å². The summed E-state index contributed by atoms with van der Waals surface area (Å²) in [6, 6.07) is 11.1. The second kappa shape index (κ2) is 9.35. The van der Waals surface area contributed by atoms with Gasteiger partial charge in [0.2, 0.25) is 10.0 Å². The van der Waals surface area contributed by atoms with Crippen molar-refractivity contribution in [2.24, 2.45) is 10.7 Å². The molecule has 0 unspecified atom stereocenters. The van der Waals surface area contributed by atoms with Gasteiger partial charge in [0.15, 0.2) is 5.96 Å². The minimum absolute atomic E-state index is 0. The molecule has 0 bridgehead atoms. The van der Waals surface area contributed by atoms with Crippen LogP contribution in [0.4, 0.5) is 5.69 Å². The molecular formula is C15H21IN4O2S2. The van der Waals surface area contributed by atoms with Crippen LogP contribution in [0.3, 0.4) is 0 Å². The summed E-state index contributed by atoms with van der Waals surface area (Å²) >= 11 is 1.46. The fraction of sp³-hybridized carbons (Fsp3) is 0.267. The summed E-state index contributed by atoms with van der Waals surface area (Å²) in [4.78, 5) is 6.19. The molecule has 0 fully saturated rings. The Bertz CT molecular complexity index is 789. The first kappa shape index (κ1) is 20.9. The van der Waals surface area contributed by atoms with Gasteiger partial charge in [-0.2, -0.15) is 0 Å². The molecule has 132 valence electrons. The van der Waals surface area contributed by atoms with Crippen molar-refractivity contribution in [2.45, 2.75) is 18.7 Å². The van der Waals surface area contributed by atoms with Crippen molar-refractivity contribution < 1.29 is 8.42 Å². The highest BCUT2D eigenvalue weighted by Crippen LogP contribution is 2.24. The SMILES string of the molecule is Cc1cc(S(=O)(=O)NCCN=C(N)Nc2ccccc2)c(C)s1.I. The van der Waals surface area contributed by atoms with E-state index < -0.39 is 10.0 Å². The van der Waals surface area contributed by atoms with E-state index in [1.54, 1.807) is 13.0 Å². The summed E-state index contributed by atoms with van der Waals surface area (Å²) in [7, 11) is -3.50. The van der Waals surface area contributed by atoms with Gasteiger partial charge in [-0.15, -0.1) is 35.3 Å². The molecule has 0 aliphatic carbocycles. The summed E-state index contributed by atoms with van der Waals surface area (Å²) in [5.41, 5.74) is 6.59. The van der Waals surface area contributed by atoms with Gasteiger partial charge in [-0.3, -0.25) is 4.99 Å². The molecule has 0 aliphatic heterocycles. The van der Waals surface area contributed by atoms with Crippen molar-refractivity contribution in [1.82, 2.24) is 4.72 Å². The molecule has 4 N–H and O–H groups in total. The Morgan fingerprint density at radius 3 is 2.50 bits per heavy atom. The number of nitrogens with zero attached hydrogens (tertiary/aromatic N) is 1. The molecule has 0 saturated carbocycles. The molecule has 0 amide bonds. The van der Waals surface area contributed by atoms with Crippen LogP contribution >= 0.6 is 35.3 Å². The highest BCUT2D eigenvalue weighted by Gasteiger charge is 2.18. The molecule has 9 heteroatoms. The van der Waals surface area contributed by atoms with Crippen molar-refractivity contribution >= 4 is 57.0 Å². The first-order chi connectivity index (χ1) is 10.9. The molecule has 0 atom stereocenters. The van der Waals surface area contributed by atoms with Crippen molar-refractivity contribution in [3.05, 3.63) is 46.2 Å². The van der Waals surface area contributed by atoms with E-state index in [2.05, 4.69) is 15.0 Å². The van der Waals surface area contributed by atoms with Gasteiger partial charge in [0.05, 0.1) is 11.4 Å². The Morgan fingerprint density at radius 2 is 1.92 bits per heavy atom. The molecule has 24 heavy (non-hydrogen) atoms. The van der Waals surface area contributed by atoms with Gasteiger partial charge in [0.25, 0.3) is 0 Å². The third kappa shape index (κ3) is 6.04. The molecular weight excluding hydrogens is 459 g/mol. The number of rotatable bonds is 6. The topological polar surface area (TPSA) is 96.6 Å². The molecule has 1 aromatic heterocycles. The molecule has 1 heterocycles. The maximum atomic E-state index is 12.2. The largest absolute Gasteiger partial charge is 0.370 e. The van der Waals surface area contributed by atoms with Crippen molar-refractivity contribution in [1.29, 1.82) is 0 Å². The van der Waals surface area contributed by atoms with Crippen LogP contribution in [0.5, 0.6) is 0 Å². The van der Waals surface area contributed by atoms with Crippen molar-refractivity contribution in [2.75, 3.05) is 18.4 Å². The number of thiophene rings is 1. The van der Waals surface area contributed by atoms with Gasteiger partial charge < -0.3 is 11.1 Å². The Balaban J connectivity index is 0.00000288. The van der Waals surface area contributed by atoms with E-state index in [1.165, 1.54) is 11.3 Å². The minimum Gasteiger partial charge on any atom is -0.370 e. The standard InChI is InChI=1S/C15H20N4O2S2.HI/c1-11-10-14(12(2)22-11)23(20,21)18-9-8-17-15(16)19-13-6-4-3-5-7-13;/h3-7,10,18H,8-9H2,1-2H3,(H3,16,17,19);1H. The van der Waals surface area contributed by atoms with Crippen molar-refractivity contribution in [3.63, 3.8) is 0 Å². The number of para-hydroxylation sites is 1. The monoisotopic (exact) mass is 480 g/mol. The number of halogens is 1. The Morgan fingerprint density at radius 1 is 1.25 bits per heavy atom. The average Bonchev–Trinajstić information content (AvgIpc) is 2.84. The van der Waals surface area contributed by atoms with Crippen LogP contribution in [-0.4, -0.2) is 27.5 Å². The van der Waals surface area contributed by atoms with Crippen molar-refractivity contribution in [3.8, 4) is 0 Å². The zero-order valence-corrected chi connectivity index (χ0v) is 17.4. The number of benzene rings is 1. The number of aryl methyl sites for hydroxylation is 2. The lowest BCUT2D eigenvalue weighted by molar-refractivity contribution is 0.582. The van der Waals surface area contributed by atoms with Gasteiger partial charge in [-0.05, 0) is 32.0 Å². The lowest BCUT2D eigenvalue weighted by Gasteiger charge is -2.06. The molecule has 6 nitrogen and oxygen atoms in total. The third-order valence-electron chi connectivity index (χ3n) is 3.02. The lowest BCUT2D eigenvalue weighted by Crippen LogP contribution is -2.28. The lowest BCUT2D eigenvalue weighted by atomic mass is 10.3. The summed E-state index contributed by atoms with van der Waals surface area (Å²) in [6.45, 7) is 4.13. The highest BCUT2D eigenvalue weighted by molar-refractivity contribution is 14.0. The van der Waals surface area contributed by atoms with Gasteiger partial charge in [-0.1, -0.05) is 18.2 Å². The number of anilines is 1. The zero-order valence-electron chi connectivity index (χ0n) is 13.4. The van der Waals surface area contributed by atoms with Gasteiger partial charge in [0, 0.05) is 22.0 Å². The van der Waals surface area contributed by atoms with Gasteiger partial charge in [0.1, 0.15) is 0 Å². The van der Waals surface area contributed by atoms with Crippen LogP contribution in [0.2, 0.25) is 0 Å². The highest BCUT2D eigenvalue weighted by atomic mass is 127. The summed E-state index contributed by atoms with van der Waals surface area (Å²) in [5.74, 6) is 0.248. The van der Waals surface area contributed by atoms with E-state index in [9.17, 15) is 8.42 Å². The smallest absolute Gasteiger partial charge is 0.241 e. The summed E-state index contributed by atoms with van der Waals surface area (Å²) in [5, 5.41) is 2.94. The zero-order chi connectivity index (χ0) is 16.9. The number of hydrogen-bond acceptors (Lipinski definition) is 4. The fourth-order valence-electron chi connectivity index (χ4n) is 2.02. The van der Waals surface area contributed by atoms with E-state index in [4.69, 9.17) is 5.73 Å². The second-order valence-corrected chi connectivity index (χ2v) is 8.13. The average molecular weight is 480 g/mol. The number of nitrogens with two attached hydrogens (primary N) is 1. The van der Waals surface area contributed by atoms with E-state index in [1.807, 2.05) is 37.3 Å².